The van der Waals surface area contributed by atoms with Crippen LogP contribution in [-0.2, 0) is 10.0 Å². The van der Waals surface area contributed by atoms with E-state index in [1.54, 1.807) is 19.2 Å². The summed E-state index contributed by atoms with van der Waals surface area (Å²) in [6.07, 6.45) is 3.13. The normalized spacial score (nSPS) is 11.7. The number of carbonyl (C=O) groups is 1. The average Bonchev–Trinajstić information content (AvgIpc) is 2.51. The highest BCUT2D eigenvalue weighted by Gasteiger charge is 2.22. The third-order valence-corrected chi connectivity index (χ3v) is 5.63. The molecule has 0 heterocycles. The number of nitrogens with one attached hydrogen (secondary N) is 2. The van der Waals surface area contributed by atoms with Crippen molar-refractivity contribution in [2.45, 2.75) is 51.0 Å². The highest BCUT2D eigenvalue weighted by Crippen LogP contribution is 2.18. The Morgan fingerprint density at radius 2 is 1.78 bits per heavy atom. The molecule has 2 amide bonds. The van der Waals surface area contributed by atoms with Crippen LogP contribution in [0.3, 0.4) is 0 Å². The molecule has 2 N–H and O–H groups in total. The molecule has 0 saturated carbocycles. The number of rotatable bonds is 8. The van der Waals surface area contributed by atoms with Crippen LogP contribution in [0, 0.1) is 0 Å². The van der Waals surface area contributed by atoms with E-state index in [1.807, 2.05) is 13.8 Å². The molecule has 7 heteroatoms. The van der Waals surface area contributed by atoms with Crippen LogP contribution in [0.25, 0.3) is 0 Å². The molecule has 0 saturated heterocycles. The molecule has 0 unspecified atom stereocenters. The Labute approximate surface area is 139 Å². The van der Waals surface area contributed by atoms with Crippen molar-refractivity contribution in [2.75, 3.05) is 18.9 Å². The summed E-state index contributed by atoms with van der Waals surface area (Å²) in [5, 5.41) is 5.46. The Morgan fingerprint density at radius 1 is 1.17 bits per heavy atom. The minimum absolute atomic E-state index is 0.119. The van der Waals surface area contributed by atoms with Gasteiger partial charge in [-0.25, -0.2) is 13.2 Å². The van der Waals surface area contributed by atoms with Gasteiger partial charge in [0.2, 0.25) is 10.0 Å². The lowest BCUT2D eigenvalue weighted by Gasteiger charge is -2.21. The Kier molecular flexibility index (Phi) is 7.51. The first-order valence-corrected chi connectivity index (χ1v) is 9.36. The van der Waals surface area contributed by atoms with Gasteiger partial charge in [0.05, 0.1) is 4.90 Å². The van der Waals surface area contributed by atoms with Crippen LogP contribution < -0.4 is 10.6 Å². The van der Waals surface area contributed by atoms with Crippen LogP contribution in [0.4, 0.5) is 10.5 Å². The van der Waals surface area contributed by atoms with Crippen molar-refractivity contribution in [2.24, 2.45) is 0 Å². The molecule has 0 atom stereocenters. The van der Waals surface area contributed by atoms with Crippen LogP contribution in [0.1, 0.15) is 40.0 Å². The molecular formula is C16H27N3O3S. The largest absolute Gasteiger partial charge is 0.338 e. The summed E-state index contributed by atoms with van der Waals surface area (Å²) in [5.74, 6) is 0. The zero-order valence-electron chi connectivity index (χ0n) is 14.3. The van der Waals surface area contributed by atoms with E-state index >= 15 is 0 Å². The van der Waals surface area contributed by atoms with Gasteiger partial charge in [0.1, 0.15) is 0 Å². The lowest BCUT2D eigenvalue weighted by Crippen LogP contribution is -2.33. The zero-order valence-corrected chi connectivity index (χ0v) is 15.1. The fraction of sp³-hybridized carbons (Fsp3) is 0.562. The Bertz CT molecular complexity index is 598. The van der Waals surface area contributed by atoms with Crippen LogP contribution >= 0.6 is 0 Å². The molecule has 0 radical (unpaired) electrons. The molecule has 1 aromatic carbocycles. The molecule has 130 valence electrons. The van der Waals surface area contributed by atoms with Gasteiger partial charge in [0.25, 0.3) is 0 Å². The molecular weight excluding hydrogens is 314 g/mol. The highest BCUT2D eigenvalue weighted by atomic mass is 32.2. The maximum absolute atomic E-state index is 12.3. The fourth-order valence-corrected chi connectivity index (χ4v) is 3.27. The Balaban J connectivity index is 2.65. The van der Waals surface area contributed by atoms with Gasteiger partial charge in [-0.2, -0.15) is 4.31 Å². The van der Waals surface area contributed by atoms with Gasteiger partial charge < -0.3 is 10.6 Å². The maximum atomic E-state index is 12.3. The molecule has 1 rings (SSSR count). The average molecular weight is 341 g/mol. The zero-order chi connectivity index (χ0) is 17.5. The molecule has 0 spiro atoms. The van der Waals surface area contributed by atoms with Crippen LogP contribution in [0.15, 0.2) is 29.2 Å². The minimum Gasteiger partial charge on any atom is -0.338 e. The predicted octanol–water partition coefficient (Wildman–Crippen LogP) is 3.03. The van der Waals surface area contributed by atoms with E-state index in [0.717, 1.165) is 19.3 Å². The third kappa shape index (κ3) is 5.84. The molecule has 0 fully saturated rings. The van der Waals surface area contributed by atoms with Crippen molar-refractivity contribution in [1.29, 1.82) is 0 Å². The number of hydrogen-bond donors (Lipinski definition) is 2. The molecule has 1 aromatic rings. The predicted molar refractivity (Wildman–Crippen MR) is 93.1 cm³/mol. The van der Waals surface area contributed by atoms with E-state index in [-0.39, 0.29) is 17.0 Å². The number of urea groups is 1. The number of anilines is 1. The summed E-state index contributed by atoms with van der Waals surface area (Å²) in [6.45, 7) is 6.37. The first kappa shape index (κ1) is 19.4. The standard InChI is InChI=1S/C16H27N3O3S/c1-5-6-7-12-17-16(20)18-14-8-10-15(11-9-14)23(21,22)19(4)13(2)3/h8-11,13H,5-7,12H2,1-4H3,(H2,17,18,20). The first-order chi connectivity index (χ1) is 10.8. The van der Waals surface area contributed by atoms with Crippen molar-refractivity contribution in [3.05, 3.63) is 24.3 Å². The smallest absolute Gasteiger partial charge is 0.319 e. The van der Waals surface area contributed by atoms with Gasteiger partial charge in [-0.15, -0.1) is 0 Å². The molecule has 0 aliphatic carbocycles. The van der Waals surface area contributed by atoms with Crippen LogP contribution in [0.5, 0.6) is 0 Å². The number of hydrogen-bond acceptors (Lipinski definition) is 3. The summed E-state index contributed by atoms with van der Waals surface area (Å²) in [7, 11) is -1.95. The second-order valence-corrected chi connectivity index (χ2v) is 7.72. The second-order valence-electron chi connectivity index (χ2n) is 5.73. The summed E-state index contributed by atoms with van der Waals surface area (Å²) in [6, 6.07) is 5.78. The molecule has 0 aromatic heterocycles. The maximum Gasteiger partial charge on any atom is 0.319 e. The number of unbranched alkanes of at least 4 members (excludes halogenated alkanes) is 2. The molecule has 23 heavy (non-hydrogen) atoms. The van der Waals surface area contributed by atoms with Crippen molar-refractivity contribution < 1.29 is 13.2 Å². The Hall–Kier alpha value is -1.60. The topological polar surface area (TPSA) is 78.5 Å². The van der Waals surface area contributed by atoms with Gasteiger partial charge in [-0.3, -0.25) is 0 Å². The fourth-order valence-electron chi connectivity index (χ4n) is 1.91. The summed E-state index contributed by atoms with van der Waals surface area (Å²) in [4.78, 5) is 11.9. The van der Waals surface area contributed by atoms with E-state index in [0.29, 0.717) is 12.2 Å². The van der Waals surface area contributed by atoms with E-state index in [9.17, 15) is 13.2 Å². The van der Waals surface area contributed by atoms with E-state index in [2.05, 4.69) is 17.6 Å². The SMILES string of the molecule is CCCCCNC(=O)Nc1ccc(S(=O)(=O)N(C)C(C)C)cc1. The highest BCUT2D eigenvalue weighted by molar-refractivity contribution is 7.89. The third-order valence-electron chi connectivity index (χ3n) is 3.58. The number of amides is 2. The molecule has 0 aliphatic heterocycles. The monoisotopic (exact) mass is 341 g/mol. The minimum atomic E-state index is -3.50. The van der Waals surface area contributed by atoms with E-state index < -0.39 is 10.0 Å². The number of carbonyl (C=O) groups excluding carboxylic acids is 1. The van der Waals surface area contributed by atoms with Crippen molar-refractivity contribution in [3.63, 3.8) is 0 Å². The van der Waals surface area contributed by atoms with E-state index in [1.165, 1.54) is 16.4 Å². The molecule has 6 nitrogen and oxygen atoms in total. The summed E-state index contributed by atoms with van der Waals surface area (Å²) < 4.78 is 26.0. The molecule has 0 aliphatic rings. The lowest BCUT2D eigenvalue weighted by molar-refractivity contribution is 0.252. The first-order valence-electron chi connectivity index (χ1n) is 7.92. The van der Waals surface area contributed by atoms with Gasteiger partial charge in [0, 0.05) is 25.3 Å². The summed E-state index contributed by atoms with van der Waals surface area (Å²) in [5.41, 5.74) is 0.559. The quantitative estimate of drug-likeness (QED) is 0.713. The molecule has 0 bridgehead atoms. The van der Waals surface area contributed by atoms with Gasteiger partial charge >= 0.3 is 6.03 Å². The number of sulfonamides is 1. The van der Waals surface area contributed by atoms with Crippen LogP contribution in [0.2, 0.25) is 0 Å². The lowest BCUT2D eigenvalue weighted by atomic mass is 10.2. The van der Waals surface area contributed by atoms with Crippen LogP contribution in [-0.4, -0.2) is 38.4 Å². The number of benzene rings is 1. The van der Waals surface area contributed by atoms with Gasteiger partial charge in [-0.05, 0) is 44.5 Å². The number of nitrogens with zero attached hydrogens (tertiary/aromatic N) is 1. The van der Waals surface area contributed by atoms with E-state index in [4.69, 9.17) is 0 Å². The van der Waals surface area contributed by atoms with Crippen molar-refractivity contribution >= 4 is 21.7 Å². The Morgan fingerprint density at radius 3 is 2.30 bits per heavy atom. The van der Waals surface area contributed by atoms with Crippen molar-refractivity contribution in [1.82, 2.24) is 9.62 Å². The van der Waals surface area contributed by atoms with Gasteiger partial charge in [0.15, 0.2) is 0 Å². The summed E-state index contributed by atoms with van der Waals surface area (Å²) >= 11 is 0. The van der Waals surface area contributed by atoms with Crippen molar-refractivity contribution in [3.8, 4) is 0 Å². The second kappa shape index (κ2) is 8.88. The van der Waals surface area contributed by atoms with Gasteiger partial charge in [-0.1, -0.05) is 19.8 Å².